The van der Waals surface area contributed by atoms with E-state index in [0.717, 1.165) is 0 Å². The summed E-state index contributed by atoms with van der Waals surface area (Å²) in [6.45, 7) is 2.08. The van der Waals surface area contributed by atoms with E-state index in [0.29, 0.717) is 53.5 Å². The molecule has 2 aromatic rings. The number of rotatable bonds is 2. The maximum Gasteiger partial charge on any atom is 0.410 e. The number of fused-ring (bicyclic) bond motifs is 1. The van der Waals surface area contributed by atoms with E-state index in [1.165, 1.54) is 0 Å². The van der Waals surface area contributed by atoms with Crippen LogP contribution >= 0.6 is 23.2 Å². The molecule has 25 heavy (non-hydrogen) atoms. The second-order valence-corrected chi connectivity index (χ2v) is 6.60. The predicted molar refractivity (Wildman–Crippen MR) is 93.8 cm³/mol. The highest BCUT2D eigenvalue weighted by atomic mass is 35.5. The predicted octanol–water partition coefficient (Wildman–Crippen LogP) is 2.07. The number of cyclic esters (lactones) is 1. The molecule has 0 radical (unpaired) electrons. The van der Waals surface area contributed by atoms with Gasteiger partial charge in [0.25, 0.3) is 0 Å². The molecule has 1 unspecified atom stereocenters. The zero-order valence-corrected chi connectivity index (χ0v) is 14.5. The van der Waals surface area contributed by atoms with Crippen LogP contribution in [0.3, 0.4) is 0 Å². The van der Waals surface area contributed by atoms with Crippen molar-refractivity contribution in [3.8, 4) is 11.3 Å². The van der Waals surface area contributed by atoms with Gasteiger partial charge >= 0.3 is 6.09 Å². The summed E-state index contributed by atoms with van der Waals surface area (Å²) >= 11 is 12.3. The van der Waals surface area contributed by atoms with Crippen LogP contribution in [0.25, 0.3) is 11.3 Å². The Hall–Kier alpha value is -2.32. The summed E-state index contributed by atoms with van der Waals surface area (Å²) in [6, 6.07) is 5.20. The van der Waals surface area contributed by atoms with E-state index in [1.54, 1.807) is 23.1 Å². The van der Waals surface area contributed by atoms with E-state index in [-0.39, 0.29) is 18.0 Å². The van der Waals surface area contributed by atoms with Crippen molar-refractivity contribution in [2.24, 2.45) is 0 Å². The highest BCUT2D eigenvalue weighted by Crippen LogP contribution is 2.34. The minimum atomic E-state index is -0.269. The first-order chi connectivity index (χ1) is 12.0. The molecule has 8 nitrogen and oxygen atoms in total. The second-order valence-electron chi connectivity index (χ2n) is 5.82. The number of aromatic nitrogens is 3. The number of ether oxygens (including phenoxy) is 1. The number of hydrogen-bond acceptors (Lipinski definition) is 7. The van der Waals surface area contributed by atoms with E-state index >= 15 is 0 Å². The van der Waals surface area contributed by atoms with Crippen LogP contribution in [-0.4, -0.2) is 58.5 Å². The summed E-state index contributed by atoms with van der Waals surface area (Å²) in [6.07, 6.45) is -0.269. The molecule has 2 fully saturated rings. The van der Waals surface area contributed by atoms with Crippen molar-refractivity contribution in [3.05, 3.63) is 28.2 Å². The lowest BCUT2D eigenvalue weighted by Crippen LogP contribution is -2.52. The van der Waals surface area contributed by atoms with Crippen LogP contribution < -0.4 is 10.6 Å². The first kappa shape index (κ1) is 16.2. The molecule has 2 aliphatic rings. The molecule has 2 aliphatic heterocycles. The van der Waals surface area contributed by atoms with Gasteiger partial charge in [-0.15, -0.1) is 10.2 Å². The number of carbonyl (C=O) groups excluding carboxylic acids is 1. The molecule has 10 heteroatoms. The van der Waals surface area contributed by atoms with E-state index in [4.69, 9.17) is 33.7 Å². The Balaban J connectivity index is 1.60. The number of anilines is 2. The van der Waals surface area contributed by atoms with Gasteiger partial charge in [0.2, 0.25) is 5.95 Å². The van der Waals surface area contributed by atoms with Crippen LogP contribution in [0, 0.1) is 0 Å². The zero-order chi connectivity index (χ0) is 17.6. The van der Waals surface area contributed by atoms with Gasteiger partial charge in [-0.2, -0.15) is 4.98 Å². The van der Waals surface area contributed by atoms with Gasteiger partial charge in [0.1, 0.15) is 12.3 Å². The number of benzene rings is 1. The molecule has 1 atom stereocenters. The molecular formula is C15H14Cl2N6O2. The Labute approximate surface area is 153 Å². The first-order valence-corrected chi connectivity index (χ1v) is 8.43. The van der Waals surface area contributed by atoms with Gasteiger partial charge in [0.15, 0.2) is 5.82 Å². The zero-order valence-electron chi connectivity index (χ0n) is 13.0. The first-order valence-electron chi connectivity index (χ1n) is 7.67. The summed E-state index contributed by atoms with van der Waals surface area (Å²) in [4.78, 5) is 19.6. The Bertz CT molecular complexity index is 849. The largest absolute Gasteiger partial charge is 0.447 e. The van der Waals surface area contributed by atoms with Gasteiger partial charge in [0.05, 0.1) is 16.1 Å². The number of halogens is 2. The number of hydrogen-bond donors (Lipinski definition) is 1. The summed E-state index contributed by atoms with van der Waals surface area (Å²) in [5.74, 6) is 0.633. The Morgan fingerprint density at radius 3 is 2.88 bits per heavy atom. The SMILES string of the molecule is Nc1nc(N2CCN3C(=O)OCC3C2)nnc1-c1cccc(Cl)c1Cl. The maximum absolute atomic E-state index is 11.6. The highest BCUT2D eigenvalue weighted by Gasteiger charge is 2.38. The molecule has 2 N–H and O–H groups in total. The van der Waals surface area contributed by atoms with Crippen LogP contribution in [0.5, 0.6) is 0 Å². The molecule has 0 bridgehead atoms. The molecule has 130 valence electrons. The van der Waals surface area contributed by atoms with E-state index in [2.05, 4.69) is 15.2 Å². The fourth-order valence-electron chi connectivity index (χ4n) is 3.01. The standard InChI is InChI=1S/C15H14Cl2N6O2/c16-10-3-1-2-9(11(10)17)12-13(18)19-14(21-20-12)22-4-5-23-8(6-22)7-25-15(23)24/h1-3,8H,4-7H2,(H2,18,19,21). The third-order valence-corrected chi connectivity index (χ3v) is 5.13. The summed E-state index contributed by atoms with van der Waals surface area (Å²) in [7, 11) is 0. The van der Waals surface area contributed by atoms with Gasteiger partial charge < -0.3 is 15.4 Å². The Morgan fingerprint density at radius 1 is 1.24 bits per heavy atom. The molecule has 2 saturated heterocycles. The van der Waals surface area contributed by atoms with Crippen LogP contribution in [0.1, 0.15) is 0 Å². The van der Waals surface area contributed by atoms with Crippen LogP contribution in [0.4, 0.5) is 16.6 Å². The van der Waals surface area contributed by atoms with E-state index in [9.17, 15) is 4.79 Å². The van der Waals surface area contributed by atoms with Gasteiger partial charge in [-0.3, -0.25) is 4.90 Å². The average Bonchev–Trinajstić information content (AvgIpc) is 2.98. The highest BCUT2D eigenvalue weighted by molar-refractivity contribution is 6.43. The summed E-state index contributed by atoms with van der Waals surface area (Å²) < 4.78 is 5.06. The van der Waals surface area contributed by atoms with Crippen molar-refractivity contribution in [2.45, 2.75) is 6.04 Å². The minimum Gasteiger partial charge on any atom is -0.447 e. The fourth-order valence-corrected chi connectivity index (χ4v) is 3.40. The van der Waals surface area contributed by atoms with E-state index < -0.39 is 0 Å². The molecule has 4 rings (SSSR count). The third kappa shape index (κ3) is 2.81. The number of nitrogens with zero attached hydrogens (tertiary/aromatic N) is 5. The minimum absolute atomic E-state index is 0.00637. The van der Waals surface area contributed by atoms with Crippen molar-refractivity contribution < 1.29 is 9.53 Å². The lowest BCUT2D eigenvalue weighted by atomic mass is 10.1. The number of carbonyl (C=O) groups is 1. The summed E-state index contributed by atoms with van der Waals surface area (Å²) in [5.41, 5.74) is 7.04. The maximum atomic E-state index is 11.6. The average molecular weight is 381 g/mol. The summed E-state index contributed by atoms with van der Waals surface area (Å²) in [5, 5.41) is 9.14. The van der Waals surface area contributed by atoms with Crippen LogP contribution in [0.15, 0.2) is 18.2 Å². The molecule has 1 aromatic carbocycles. The monoisotopic (exact) mass is 380 g/mol. The second kappa shape index (κ2) is 6.20. The Kier molecular flexibility index (Phi) is 4.01. The van der Waals surface area contributed by atoms with Crippen molar-refractivity contribution >= 4 is 41.1 Å². The van der Waals surface area contributed by atoms with Crippen molar-refractivity contribution in [1.82, 2.24) is 20.1 Å². The van der Waals surface area contributed by atoms with Gasteiger partial charge in [-0.1, -0.05) is 35.3 Å². The van der Waals surface area contributed by atoms with Crippen molar-refractivity contribution in [2.75, 3.05) is 36.9 Å². The third-order valence-electron chi connectivity index (χ3n) is 4.31. The number of nitrogens with two attached hydrogens (primary N) is 1. The van der Waals surface area contributed by atoms with Crippen LogP contribution in [-0.2, 0) is 4.74 Å². The van der Waals surface area contributed by atoms with Crippen LogP contribution in [0.2, 0.25) is 10.0 Å². The van der Waals surface area contributed by atoms with Gasteiger partial charge in [0, 0.05) is 25.2 Å². The molecule has 0 spiro atoms. The smallest absolute Gasteiger partial charge is 0.410 e. The number of amides is 1. The molecule has 1 amide bonds. The lowest BCUT2D eigenvalue weighted by molar-refractivity contribution is 0.157. The number of nitrogen functional groups attached to an aromatic ring is 1. The molecular weight excluding hydrogens is 367 g/mol. The fraction of sp³-hybridized carbons (Fsp3) is 0.333. The topological polar surface area (TPSA) is 97.5 Å². The number of piperazine rings is 1. The molecule has 1 aromatic heterocycles. The van der Waals surface area contributed by atoms with Crippen molar-refractivity contribution in [3.63, 3.8) is 0 Å². The van der Waals surface area contributed by atoms with Gasteiger partial charge in [-0.25, -0.2) is 4.79 Å². The molecule has 3 heterocycles. The molecule has 0 saturated carbocycles. The van der Waals surface area contributed by atoms with Gasteiger partial charge in [-0.05, 0) is 6.07 Å². The quantitative estimate of drug-likeness (QED) is 0.851. The Morgan fingerprint density at radius 2 is 2.08 bits per heavy atom. The molecule has 0 aliphatic carbocycles. The van der Waals surface area contributed by atoms with Crippen molar-refractivity contribution in [1.29, 1.82) is 0 Å². The van der Waals surface area contributed by atoms with E-state index in [1.807, 2.05) is 4.90 Å². The lowest BCUT2D eigenvalue weighted by Gasteiger charge is -2.35. The normalized spacial score (nSPS) is 19.8.